The van der Waals surface area contributed by atoms with Gasteiger partial charge >= 0.3 is 0 Å². The van der Waals surface area contributed by atoms with E-state index in [9.17, 15) is 4.79 Å². The van der Waals surface area contributed by atoms with Gasteiger partial charge in [-0.3, -0.25) is 9.20 Å². The third-order valence-electron chi connectivity index (χ3n) is 5.15. The maximum Gasteiger partial charge on any atom is 0.234 e. The lowest BCUT2D eigenvalue weighted by molar-refractivity contribution is -0.115. The monoisotopic (exact) mass is 439 g/mol. The van der Waals surface area contributed by atoms with E-state index in [1.165, 1.54) is 5.56 Å². The Kier molecular flexibility index (Phi) is 5.25. The number of amides is 1. The number of nitrogens with one attached hydrogen (secondary N) is 1. The number of carbonyl (C=O) groups excluding carboxylic acids is 1. The molecule has 5 rings (SSSR count). The molecule has 0 fully saturated rings. The summed E-state index contributed by atoms with van der Waals surface area (Å²) in [5.74, 6) is 0.593. The molecule has 0 bridgehead atoms. The summed E-state index contributed by atoms with van der Waals surface area (Å²) in [6.45, 7) is 4.03. The molecule has 3 aromatic heterocycles. The molecule has 0 spiro atoms. The van der Waals surface area contributed by atoms with Gasteiger partial charge in [-0.05, 0) is 32.0 Å². The molecule has 2 aromatic carbocycles. The summed E-state index contributed by atoms with van der Waals surface area (Å²) in [6, 6.07) is 17.8. The Morgan fingerprint density at radius 1 is 1.00 bits per heavy atom. The van der Waals surface area contributed by atoms with Gasteiger partial charge < -0.3 is 5.32 Å². The van der Waals surface area contributed by atoms with Crippen LogP contribution in [0.25, 0.3) is 28.3 Å². The summed E-state index contributed by atoms with van der Waals surface area (Å²) in [5.41, 5.74) is 5.67. The first kappa shape index (κ1) is 20.1. The molecule has 3 heterocycles. The highest BCUT2D eigenvalue weighted by atomic mass is 32.1. The van der Waals surface area contributed by atoms with Crippen LogP contribution in [0, 0.1) is 13.8 Å². The predicted octanol–water partition coefficient (Wildman–Crippen LogP) is 5.32. The van der Waals surface area contributed by atoms with Crippen molar-refractivity contribution in [2.75, 3.05) is 5.32 Å². The fourth-order valence-corrected chi connectivity index (χ4v) is 4.53. The minimum absolute atomic E-state index is 0.0632. The molecular weight excluding hydrogens is 418 g/mol. The second-order valence-corrected chi connectivity index (χ2v) is 8.91. The first-order valence-corrected chi connectivity index (χ1v) is 11.1. The van der Waals surface area contributed by atoms with Crippen molar-refractivity contribution in [1.82, 2.24) is 19.4 Å². The Balaban J connectivity index is 1.30. The standard InChI is InChI=1S/C25H21N5OS/c1-16-4-6-19(7-5-16)24-22(32-17(2)27-24)14-23(31)28-20-10-8-18(9-11-20)21-15-30-13-3-12-26-25(30)29-21/h3-13,15H,14H2,1-2H3,(H,28,31). The van der Waals surface area contributed by atoms with Crippen molar-refractivity contribution in [2.24, 2.45) is 0 Å². The number of benzene rings is 2. The van der Waals surface area contributed by atoms with Crippen LogP contribution in [0.2, 0.25) is 0 Å². The van der Waals surface area contributed by atoms with Gasteiger partial charge in [-0.25, -0.2) is 15.0 Å². The van der Waals surface area contributed by atoms with Gasteiger partial charge in [0.15, 0.2) is 0 Å². The van der Waals surface area contributed by atoms with Crippen LogP contribution in [0.4, 0.5) is 5.69 Å². The quantitative estimate of drug-likeness (QED) is 0.402. The first-order chi connectivity index (χ1) is 15.5. The van der Waals surface area contributed by atoms with Crippen molar-refractivity contribution >= 4 is 28.7 Å². The van der Waals surface area contributed by atoms with Gasteiger partial charge in [0.25, 0.3) is 0 Å². The number of thiazole rings is 1. The maximum absolute atomic E-state index is 12.7. The lowest BCUT2D eigenvalue weighted by Gasteiger charge is -2.07. The molecule has 0 atom stereocenters. The summed E-state index contributed by atoms with van der Waals surface area (Å²) in [7, 11) is 0. The summed E-state index contributed by atoms with van der Waals surface area (Å²) in [4.78, 5) is 27.2. The summed E-state index contributed by atoms with van der Waals surface area (Å²) in [6.07, 6.45) is 5.86. The van der Waals surface area contributed by atoms with Gasteiger partial charge in [0.05, 0.1) is 22.8 Å². The fourth-order valence-electron chi connectivity index (χ4n) is 3.57. The van der Waals surface area contributed by atoms with Crippen LogP contribution in [0.15, 0.2) is 73.2 Å². The average Bonchev–Trinajstić information content (AvgIpc) is 3.38. The van der Waals surface area contributed by atoms with Gasteiger partial charge in [-0.15, -0.1) is 11.3 Å². The highest BCUT2D eigenvalue weighted by molar-refractivity contribution is 7.12. The Morgan fingerprint density at radius 3 is 2.50 bits per heavy atom. The molecule has 1 amide bonds. The zero-order valence-corrected chi connectivity index (χ0v) is 18.6. The second kappa shape index (κ2) is 8.36. The Labute approximate surface area is 189 Å². The molecule has 0 radical (unpaired) electrons. The molecule has 0 aliphatic rings. The summed E-state index contributed by atoms with van der Waals surface area (Å²) in [5, 5.41) is 3.95. The molecule has 0 saturated heterocycles. The smallest absolute Gasteiger partial charge is 0.234 e. The number of nitrogens with zero attached hydrogens (tertiary/aromatic N) is 4. The van der Waals surface area contributed by atoms with Gasteiger partial charge in [-0.2, -0.15) is 0 Å². The number of aryl methyl sites for hydroxylation is 2. The average molecular weight is 440 g/mol. The number of fused-ring (bicyclic) bond motifs is 1. The minimum atomic E-state index is -0.0632. The second-order valence-electron chi connectivity index (χ2n) is 7.63. The van der Waals surface area contributed by atoms with Crippen molar-refractivity contribution in [3.8, 4) is 22.5 Å². The summed E-state index contributed by atoms with van der Waals surface area (Å²) >= 11 is 1.57. The third-order valence-corrected chi connectivity index (χ3v) is 6.12. The van der Waals surface area contributed by atoms with Crippen LogP contribution in [-0.2, 0) is 11.2 Å². The molecular formula is C25H21N5OS. The van der Waals surface area contributed by atoms with E-state index in [2.05, 4.69) is 51.5 Å². The van der Waals surface area contributed by atoms with E-state index in [0.29, 0.717) is 5.78 Å². The van der Waals surface area contributed by atoms with Gasteiger partial charge in [0.1, 0.15) is 0 Å². The molecule has 0 saturated carbocycles. The molecule has 32 heavy (non-hydrogen) atoms. The topological polar surface area (TPSA) is 72.2 Å². The molecule has 158 valence electrons. The minimum Gasteiger partial charge on any atom is -0.326 e. The van der Waals surface area contributed by atoms with Crippen LogP contribution < -0.4 is 5.32 Å². The number of aromatic nitrogens is 4. The van der Waals surface area contributed by atoms with Crippen LogP contribution in [0.3, 0.4) is 0 Å². The van der Waals surface area contributed by atoms with Crippen molar-refractivity contribution in [2.45, 2.75) is 20.3 Å². The molecule has 5 aromatic rings. The van der Waals surface area contributed by atoms with Gasteiger partial charge in [0.2, 0.25) is 11.7 Å². The predicted molar refractivity (Wildman–Crippen MR) is 128 cm³/mol. The number of imidazole rings is 1. The third kappa shape index (κ3) is 4.15. The number of hydrogen-bond donors (Lipinski definition) is 1. The van der Waals surface area contributed by atoms with Crippen molar-refractivity contribution in [1.29, 1.82) is 0 Å². The van der Waals surface area contributed by atoms with Crippen LogP contribution >= 0.6 is 11.3 Å². The van der Waals surface area contributed by atoms with E-state index in [1.807, 2.05) is 54.0 Å². The summed E-state index contributed by atoms with van der Waals surface area (Å²) < 4.78 is 1.88. The van der Waals surface area contributed by atoms with Crippen molar-refractivity contribution < 1.29 is 4.79 Å². The molecule has 1 N–H and O–H groups in total. The molecule has 0 aliphatic heterocycles. The first-order valence-electron chi connectivity index (χ1n) is 10.3. The Bertz CT molecular complexity index is 1370. The highest BCUT2D eigenvalue weighted by Crippen LogP contribution is 2.29. The van der Waals surface area contributed by atoms with E-state index in [0.717, 1.165) is 38.1 Å². The van der Waals surface area contributed by atoms with E-state index in [4.69, 9.17) is 0 Å². The van der Waals surface area contributed by atoms with E-state index in [-0.39, 0.29) is 12.3 Å². The lowest BCUT2D eigenvalue weighted by atomic mass is 10.1. The van der Waals surface area contributed by atoms with Crippen molar-refractivity contribution in [3.63, 3.8) is 0 Å². The van der Waals surface area contributed by atoms with Crippen LogP contribution in [-0.4, -0.2) is 25.3 Å². The van der Waals surface area contributed by atoms with Crippen LogP contribution in [0.5, 0.6) is 0 Å². The van der Waals surface area contributed by atoms with E-state index < -0.39 is 0 Å². The number of anilines is 1. The molecule has 0 unspecified atom stereocenters. The molecule has 7 heteroatoms. The maximum atomic E-state index is 12.7. The SMILES string of the molecule is Cc1ccc(-c2nc(C)sc2CC(=O)Nc2ccc(-c3cn4cccnc4n3)cc2)cc1. The Morgan fingerprint density at radius 2 is 1.75 bits per heavy atom. The van der Waals surface area contributed by atoms with Gasteiger partial charge in [-0.1, -0.05) is 42.0 Å². The van der Waals surface area contributed by atoms with E-state index in [1.54, 1.807) is 17.5 Å². The fraction of sp³-hybridized carbons (Fsp3) is 0.120. The van der Waals surface area contributed by atoms with E-state index >= 15 is 0 Å². The highest BCUT2D eigenvalue weighted by Gasteiger charge is 2.15. The zero-order valence-electron chi connectivity index (χ0n) is 17.7. The lowest BCUT2D eigenvalue weighted by Crippen LogP contribution is -2.14. The Hall–Kier alpha value is -3.84. The van der Waals surface area contributed by atoms with Crippen molar-refractivity contribution in [3.05, 3.63) is 88.6 Å². The number of hydrogen-bond acceptors (Lipinski definition) is 5. The normalized spacial score (nSPS) is 11.1. The largest absolute Gasteiger partial charge is 0.326 e. The molecule has 6 nitrogen and oxygen atoms in total. The number of rotatable bonds is 5. The van der Waals surface area contributed by atoms with Crippen LogP contribution in [0.1, 0.15) is 15.4 Å². The zero-order chi connectivity index (χ0) is 22.1. The number of carbonyl (C=O) groups is 1. The van der Waals surface area contributed by atoms with Gasteiger partial charge in [0, 0.05) is 40.3 Å². The molecule has 0 aliphatic carbocycles.